The standard InChI is InChI=1S/C12H16BrNO2/c13-10-2-1-3-11(8-10)16-7-5-12(14)4-6-15-9-12/h1-3,8H,4-7,9,14H2. The lowest BCUT2D eigenvalue weighted by molar-refractivity contribution is 0.167. The molecule has 1 unspecified atom stereocenters. The van der Waals surface area contributed by atoms with Crippen molar-refractivity contribution >= 4 is 15.9 Å². The van der Waals surface area contributed by atoms with Crippen LogP contribution in [0.25, 0.3) is 0 Å². The molecule has 0 aromatic heterocycles. The van der Waals surface area contributed by atoms with Crippen LogP contribution in [-0.2, 0) is 4.74 Å². The van der Waals surface area contributed by atoms with E-state index in [2.05, 4.69) is 15.9 Å². The van der Waals surface area contributed by atoms with Crippen molar-refractivity contribution < 1.29 is 9.47 Å². The molecule has 1 heterocycles. The van der Waals surface area contributed by atoms with E-state index in [1.165, 1.54) is 0 Å². The summed E-state index contributed by atoms with van der Waals surface area (Å²) in [6.07, 6.45) is 1.76. The summed E-state index contributed by atoms with van der Waals surface area (Å²) in [5.41, 5.74) is 5.95. The van der Waals surface area contributed by atoms with Gasteiger partial charge in [0.1, 0.15) is 5.75 Å². The maximum absolute atomic E-state index is 6.14. The monoisotopic (exact) mass is 285 g/mol. The van der Waals surface area contributed by atoms with Crippen LogP contribution in [0.5, 0.6) is 5.75 Å². The Kier molecular flexibility index (Phi) is 3.84. The molecule has 0 bridgehead atoms. The summed E-state index contributed by atoms with van der Waals surface area (Å²) in [6.45, 7) is 2.05. The van der Waals surface area contributed by atoms with Crippen LogP contribution in [0, 0.1) is 0 Å². The first kappa shape index (κ1) is 11.9. The van der Waals surface area contributed by atoms with Gasteiger partial charge < -0.3 is 15.2 Å². The molecule has 4 heteroatoms. The van der Waals surface area contributed by atoms with Crippen molar-refractivity contribution in [3.8, 4) is 5.75 Å². The van der Waals surface area contributed by atoms with Crippen LogP contribution in [0.3, 0.4) is 0 Å². The summed E-state index contributed by atoms with van der Waals surface area (Å²) in [7, 11) is 0. The number of ether oxygens (including phenoxy) is 2. The average Bonchev–Trinajstić information content (AvgIpc) is 2.65. The predicted octanol–water partition coefficient (Wildman–Crippen LogP) is 2.34. The lowest BCUT2D eigenvalue weighted by atomic mass is 9.97. The molecular formula is C12H16BrNO2. The smallest absolute Gasteiger partial charge is 0.120 e. The van der Waals surface area contributed by atoms with Crippen LogP contribution >= 0.6 is 15.9 Å². The second-order valence-electron chi connectivity index (χ2n) is 4.22. The summed E-state index contributed by atoms with van der Waals surface area (Å²) >= 11 is 3.41. The molecule has 16 heavy (non-hydrogen) atoms. The Bertz CT molecular complexity index is 351. The maximum atomic E-state index is 6.14. The van der Waals surface area contributed by atoms with E-state index in [4.69, 9.17) is 15.2 Å². The third kappa shape index (κ3) is 3.20. The molecule has 1 saturated heterocycles. The Morgan fingerprint density at radius 1 is 1.50 bits per heavy atom. The maximum Gasteiger partial charge on any atom is 0.120 e. The van der Waals surface area contributed by atoms with Gasteiger partial charge in [0.2, 0.25) is 0 Å². The van der Waals surface area contributed by atoms with E-state index < -0.39 is 0 Å². The second-order valence-corrected chi connectivity index (χ2v) is 5.14. The minimum atomic E-state index is -0.188. The van der Waals surface area contributed by atoms with Crippen LogP contribution < -0.4 is 10.5 Å². The Morgan fingerprint density at radius 3 is 3.06 bits per heavy atom. The third-order valence-electron chi connectivity index (χ3n) is 2.80. The minimum Gasteiger partial charge on any atom is -0.493 e. The molecule has 0 amide bonds. The molecule has 3 nitrogen and oxygen atoms in total. The Labute approximate surface area is 104 Å². The number of hydrogen-bond acceptors (Lipinski definition) is 3. The first-order valence-electron chi connectivity index (χ1n) is 5.43. The van der Waals surface area contributed by atoms with E-state index in [1.807, 2.05) is 24.3 Å². The van der Waals surface area contributed by atoms with Crippen LogP contribution in [0.4, 0.5) is 0 Å². The number of hydrogen-bond donors (Lipinski definition) is 1. The van der Waals surface area contributed by atoms with E-state index in [0.717, 1.165) is 29.7 Å². The number of benzene rings is 1. The van der Waals surface area contributed by atoms with E-state index in [0.29, 0.717) is 13.2 Å². The molecule has 1 aromatic carbocycles. The van der Waals surface area contributed by atoms with Crippen molar-refractivity contribution in [3.05, 3.63) is 28.7 Å². The third-order valence-corrected chi connectivity index (χ3v) is 3.29. The fourth-order valence-electron chi connectivity index (χ4n) is 1.75. The molecule has 0 spiro atoms. The van der Waals surface area contributed by atoms with Crippen molar-refractivity contribution in [2.45, 2.75) is 18.4 Å². The molecule has 1 aromatic rings. The molecule has 1 aliphatic rings. The zero-order valence-corrected chi connectivity index (χ0v) is 10.7. The van der Waals surface area contributed by atoms with Gasteiger partial charge in [0.05, 0.1) is 13.2 Å². The van der Waals surface area contributed by atoms with Gasteiger partial charge in [-0.15, -0.1) is 0 Å². The van der Waals surface area contributed by atoms with Gasteiger partial charge in [-0.05, 0) is 24.6 Å². The highest BCUT2D eigenvalue weighted by atomic mass is 79.9. The average molecular weight is 286 g/mol. The largest absolute Gasteiger partial charge is 0.493 e. The highest BCUT2D eigenvalue weighted by Gasteiger charge is 2.29. The highest BCUT2D eigenvalue weighted by Crippen LogP contribution is 2.21. The second kappa shape index (κ2) is 5.17. The van der Waals surface area contributed by atoms with Crippen molar-refractivity contribution in [1.29, 1.82) is 0 Å². The van der Waals surface area contributed by atoms with E-state index in [9.17, 15) is 0 Å². The van der Waals surface area contributed by atoms with E-state index >= 15 is 0 Å². The Morgan fingerprint density at radius 2 is 2.38 bits per heavy atom. The highest BCUT2D eigenvalue weighted by molar-refractivity contribution is 9.10. The van der Waals surface area contributed by atoms with Crippen molar-refractivity contribution in [2.24, 2.45) is 5.73 Å². The van der Waals surface area contributed by atoms with Gasteiger partial charge in [-0.3, -0.25) is 0 Å². The molecule has 88 valence electrons. The minimum absolute atomic E-state index is 0.188. The number of rotatable bonds is 4. The molecule has 2 rings (SSSR count). The molecule has 1 aliphatic heterocycles. The first-order valence-corrected chi connectivity index (χ1v) is 6.22. The fraction of sp³-hybridized carbons (Fsp3) is 0.500. The van der Waals surface area contributed by atoms with Crippen molar-refractivity contribution in [3.63, 3.8) is 0 Å². The fourth-order valence-corrected chi connectivity index (χ4v) is 2.13. The first-order chi connectivity index (χ1) is 7.68. The van der Waals surface area contributed by atoms with E-state index in [1.54, 1.807) is 0 Å². The van der Waals surface area contributed by atoms with Gasteiger partial charge in [0, 0.05) is 23.0 Å². The molecule has 0 radical (unpaired) electrons. The number of nitrogens with two attached hydrogens (primary N) is 1. The molecule has 0 aliphatic carbocycles. The molecular weight excluding hydrogens is 270 g/mol. The Balaban J connectivity index is 1.79. The zero-order valence-electron chi connectivity index (χ0n) is 9.12. The Hall–Kier alpha value is -0.580. The molecule has 0 saturated carbocycles. The van der Waals surface area contributed by atoms with Gasteiger partial charge in [-0.25, -0.2) is 0 Å². The van der Waals surface area contributed by atoms with Gasteiger partial charge in [-0.1, -0.05) is 22.0 Å². The van der Waals surface area contributed by atoms with Crippen LogP contribution in [0.2, 0.25) is 0 Å². The summed E-state index contributed by atoms with van der Waals surface area (Å²) in [4.78, 5) is 0. The SMILES string of the molecule is NC1(CCOc2cccc(Br)c2)CCOC1. The van der Waals surface area contributed by atoms with Crippen molar-refractivity contribution in [1.82, 2.24) is 0 Å². The van der Waals surface area contributed by atoms with Gasteiger partial charge >= 0.3 is 0 Å². The quantitative estimate of drug-likeness (QED) is 0.924. The van der Waals surface area contributed by atoms with Crippen LogP contribution in [0.1, 0.15) is 12.8 Å². The zero-order chi connectivity index (χ0) is 11.4. The summed E-state index contributed by atoms with van der Waals surface area (Å²) in [5, 5.41) is 0. The molecule has 1 fully saturated rings. The lowest BCUT2D eigenvalue weighted by Crippen LogP contribution is -2.41. The summed E-state index contributed by atoms with van der Waals surface area (Å²) in [6, 6.07) is 7.83. The summed E-state index contributed by atoms with van der Waals surface area (Å²) in [5.74, 6) is 0.872. The summed E-state index contributed by atoms with van der Waals surface area (Å²) < 4.78 is 12.0. The number of halogens is 1. The lowest BCUT2D eigenvalue weighted by Gasteiger charge is -2.21. The van der Waals surface area contributed by atoms with Gasteiger partial charge in [-0.2, -0.15) is 0 Å². The molecule has 2 N–H and O–H groups in total. The van der Waals surface area contributed by atoms with Crippen LogP contribution in [-0.4, -0.2) is 25.4 Å². The van der Waals surface area contributed by atoms with Gasteiger partial charge in [0.25, 0.3) is 0 Å². The topological polar surface area (TPSA) is 44.5 Å². The van der Waals surface area contributed by atoms with Gasteiger partial charge in [0.15, 0.2) is 0 Å². The molecule has 1 atom stereocenters. The van der Waals surface area contributed by atoms with Crippen LogP contribution in [0.15, 0.2) is 28.7 Å². The van der Waals surface area contributed by atoms with E-state index in [-0.39, 0.29) is 5.54 Å². The van der Waals surface area contributed by atoms with Crippen molar-refractivity contribution in [2.75, 3.05) is 19.8 Å². The normalized spacial score (nSPS) is 24.6. The predicted molar refractivity (Wildman–Crippen MR) is 66.6 cm³/mol.